The maximum Gasteiger partial charge on any atom is 0.172 e. The number of hydrogen-bond donors (Lipinski definition) is 0. The SMILES string of the molecule is CCCCc1cc(N2CCCCC2)no1. The monoisotopic (exact) mass is 208 g/mol. The van der Waals surface area contributed by atoms with Crippen molar-refractivity contribution in [3.05, 3.63) is 11.8 Å². The number of piperidine rings is 1. The van der Waals surface area contributed by atoms with Crippen LogP contribution in [0.2, 0.25) is 0 Å². The van der Waals surface area contributed by atoms with Crippen LogP contribution in [0.5, 0.6) is 0 Å². The maximum absolute atomic E-state index is 5.33. The van der Waals surface area contributed by atoms with Crippen molar-refractivity contribution in [2.45, 2.75) is 45.4 Å². The quantitative estimate of drug-likeness (QED) is 0.761. The number of rotatable bonds is 4. The molecule has 0 saturated carbocycles. The zero-order chi connectivity index (χ0) is 10.5. The zero-order valence-electron chi connectivity index (χ0n) is 9.54. The largest absolute Gasteiger partial charge is 0.359 e. The van der Waals surface area contributed by atoms with Crippen molar-refractivity contribution in [3.8, 4) is 0 Å². The fraction of sp³-hybridized carbons (Fsp3) is 0.750. The third-order valence-corrected chi connectivity index (χ3v) is 3.00. The van der Waals surface area contributed by atoms with E-state index in [1.165, 1.54) is 32.1 Å². The lowest BCUT2D eigenvalue weighted by Crippen LogP contribution is -2.29. The summed E-state index contributed by atoms with van der Waals surface area (Å²) in [6, 6.07) is 2.11. The summed E-state index contributed by atoms with van der Waals surface area (Å²) in [5.41, 5.74) is 0. The van der Waals surface area contributed by atoms with Gasteiger partial charge in [0.25, 0.3) is 0 Å². The minimum absolute atomic E-state index is 1.03. The first-order valence-corrected chi connectivity index (χ1v) is 6.10. The van der Waals surface area contributed by atoms with Crippen molar-refractivity contribution in [1.29, 1.82) is 0 Å². The molecule has 2 heterocycles. The average molecular weight is 208 g/mol. The van der Waals surface area contributed by atoms with Crippen molar-refractivity contribution in [1.82, 2.24) is 5.16 Å². The van der Waals surface area contributed by atoms with Gasteiger partial charge in [-0.05, 0) is 25.7 Å². The van der Waals surface area contributed by atoms with E-state index < -0.39 is 0 Å². The minimum atomic E-state index is 1.03. The molecule has 0 atom stereocenters. The highest BCUT2D eigenvalue weighted by Crippen LogP contribution is 2.20. The van der Waals surface area contributed by atoms with Crippen molar-refractivity contribution < 1.29 is 4.52 Å². The highest BCUT2D eigenvalue weighted by molar-refractivity contribution is 5.38. The van der Waals surface area contributed by atoms with Crippen LogP contribution in [0, 0.1) is 0 Å². The van der Waals surface area contributed by atoms with Crippen molar-refractivity contribution in [3.63, 3.8) is 0 Å². The Morgan fingerprint density at radius 3 is 2.87 bits per heavy atom. The van der Waals surface area contributed by atoms with Crippen LogP contribution in [0.15, 0.2) is 10.6 Å². The Kier molecular flexibility index (Phi) is 3.64. The van der Waals surface area contributed by atoms with E-state index in [0.717, 1.165) is 31.1 Å². The van der Waals surface area contributed by atoms with E-state index in [-0.39, 0.29) is 0 Å². The van der Waals surface area contributed by atoms with Crippen molar-refractivity contribution in [2.75, 3.05) is 18.0 Å². The van der Waals surface area contributed by atoms with E-state index in [1.54, 1.807) is 0 Å². The van der Waals surface area contributed by atoms with Gasteiger partial charge in [-0.2, -0.15) is 0 Å². The number of unbranched alkanes of at least 4 members (excludes halogenated alkanes) is 1. The third-order valence-electron chi connectivity index (χ3n) is 3.00. The number of hydrogen-bond acceptors (Lipinski definition) is 3. The van der Waals surface area contributed by atoms with Crippen molar-refractivity contribution >= 4 is 5.82 Å². The lowest BCUT2D eigenvalue weighted by Gasteiger charge is -2.25. The van der Waals surface area contributed by atoms with Gasteiger partial charge < -0.3 is 9.42 Å². The van der Waals surface area contributed by atoms with E-state index in [1.807, 2.05) is 0 Å². The Morgan fingerprint density at radius 2 is 2.13 bits per heavy atom. The number of anilines is 1. The second-order valence-corrected chi connectivity index (χ2v) is 4.30. The van der Waals surface area contributed by atoms with E-state index in [9.17, 15) is 0 Å². The van der Waals surface area contributed by atoms with Gasteiger partial charge in [-0.15, -0.1) is 0 Å². The summed E-state index contributed by atoms with van der Waals surface area (Å²) >= 11 is 0. The third kappa shape index (κ3) is 2.74. The molecule has 15 heavy (non-hydrogen) atoms. The molecule has 0 spiro atoms. The van der Waals surface area contributed by atoms with Crippen LogP contribution < -0.4 is 4.90 Å². The second-order valence-electron chi connectivity index (χ2n) is 4.30. The molecule has 0 unspecified atom stereocenters. The molecule has 0 aliphatic carbocycles. The molecular weight excluding hydrogens is 188 g/mol. The molecule has 1 aromatic rings. The van der Waals surface area contributed by atoms with Crippen LogP contribution in [0.25, 0.3) is 0 Å². The summed E-state index contributed by atoms with van der Waals surface area (Å²) < 4.78 is 5.33. The topological polar surface area (TPSA) is 29.3 Å². The highest BCUT2D eigenvalue weighted by atomic mass is 16.5. The molecule has 84 valence electrons. The van der Waals surface area contributed by atoms with Gasteiger partial charge in [-0.25, -0.2) is 0 Å². The molecule has 1 aliphatic heterocycles. The van der Waals surface area contributed by atoms with Crippen LogP contribution in [0.1, 0.15) is 44.8 Å². The predicted molar refractivity (Wildman–Crippen MR) is 61.2 cm³/mol. The standard InChI is InChI=1S/C12H20N2O/c1-2-3-7-11-10-12(13-15-11)14-8-5-4-6-9-14/h10H,2-9H2,1H3. The molecule has 3 heteroatoms. The van der Waals surface area contributed by atoms with Gasteiger partial charge in [-0.1, -0.05) is 18.5 Å². The molecule has 1 aromatic heterocycles. The first-order chi connectivity index (χ1) is 7.40. The fourth-order valence-corrected chi connectivity index (χ4v) is 2.04. The van der Waals surface area contributed by atoms with E-state index in [2.05, 4.69) is 23.0 Å². The first kappa shape index (κ1) is 10.5. The van der Waals surface area contributed by atoms with Crippen molar-refractivity contribution in [2.24, 2.45) is 0 Å². The Balaban J connectivity index is 1.93. The fourth-order valence-electron chi connectivity index (χ4n) is 2.04. The molecule has 0 bridgehead atoms. The summed E-state index contributed by atoms with van der Waals surface area (Å²) in [5, 5.41) is 4.14. The molecule has 1 fully saturated rings. The Labute approximate surface area is 91.4 Å². The molecule has 0 N–H and O–H groups in total. The average Bonchev–Trinajstić information content (AvgIpc) is 2.76. The lowest BCUT2D eigenvalue weighted by atomic mass is 10.1. The first-order valence-electron chi connectivity index (χ1n) is 6.10. The molecule has 0 aromatic carbocycles. The van der Waals surface area contributed by atoms with Gasteiger partial charge in [0, 0.05) is 25.6 Å². The second kappa shape index (κ2) is 5.19. The van der Waals surface area contributed by atoms with Gasteiger partial charge >= 0.3 is 0 Å². The van der Waals surface area contributed by atoms with Gasteiger partial charge in [0.2, 0.25) is 0 Å². The van der Waals surface area contributed by atoms with Gasteiger partial charge in [0.15, 0.2) is 5.82 Å². The highest BCUT2D eigenvalue weighted by Gasteiger charge is 2.14. The smallest absolute Gasteiger partial charge is 0.172 e. The Hall–Kier alpha value is -0.990. The number of aryl methyl sites for hydroxylation is 1. The Morgan fingerprint density at radius 1 is 1.33 bits per heavy atom. The summed E-state index contributed by atoms with van der Waals surface area (Å²) in [4.78, 5) is 2.34. The van der Waals surface area contributed by atoms with E-state index >= 15 is 0 Å². The van der Waals surface area contributed by atoms with Gasteiger partial charge in [-0.3, -0.25) is 0 Å². The molecule has 1 saturated heterocycles. The summed E-state index contributed by atoms with van der Waals surface area (Å²) in [6.45, 7) is 4.47. The van der Waals surface area contributed by atoms with E-state index in [4.69, 9.17) is 4.52 Å². The van der Waals surface area contributed by atoms with Gasteiger partial charge in [0.1, 0.15) is 5.76 Å². The summed E-state index contributed by atoms with van der Waals surface area (Å²) in [5.74, 6) is 2.08. The van der Waals surface area contributed by atoms with Crippen LogP contribution in [0.4, 0.5) is 5.82 Å². The minimum Gasteiger partial charge on any atom is -0.359 e. The maximum atomic E-state index is 5.33. The molecule has 0 amide bonds. The Bertz CT molecular complexity index is 290. The van der Waals surface area contributed by atoms with Crippen LogP contribution >= 0.6 is 0 Å². The molecule has 3 nitrogen and oxygen atoms in total. The van der Waals surface area contributed by atoms with E-state index in [0.29, 0.717) is 0 Å². The molecule has 1 aliphatic rings. The molecular formula is C12H20N2O. The summed E-state index contributed by atoms with van der Waals surface area (Å²) in [7, 11) is 0. The lowest BCUT2D eigenvalue weighted by molar-refractivity contribution is 0.378. The zero-order valence-corrected chi connectivity index (χ0v) is 9.54. The van der Waals surface area contributed by atoms with Gasteiger partial charge in [0.05, 0.1) is 0 Å². The molecule has 0 radical (unpaired) electrons. The molecule has 2 rings (SSSR count). The van der Waals surface area contributed by atoms with Crippen LogP contribution in [-0.4, -0.2) is 18.2 Å². The van der Waals surface area contributed by atoms with Crippen LogP contribution in [0.3, 0.4) is 0 Å². The van der Waals surface area contributed by atoms with Crippen LogP contribution in [-0.2, 0) is 6.42 Å². The number of nitrogens with zero attached hydrogens (tertiary/aromatic N) is 2. The summed E-state index contributed by atoms with van der Waals surface area (Å²) in [6.07, 6.45) is 7.36. The number of aromatic nitrogens is 1. The predicted octanol–water partition coefficient (Wildman–Crippen LogP) is 3.01. The normalized spacial score (nSPS) is 17.0.